The average molecular weight is 287 g/mol. The van der Waals surface area contributed by atoms with Crippen LogP contribution in [0.2, 0.25) is 0 Å². The van der Waals surface area contributed by atoms with Crippen LogP contribution in [-0.2, 0) is 12.6 Å². The highest BCUT2D eigenvalue weighted by atomic mass is 16.3. The Kier molecular flexibility index (Phi) is 3.73. The molecular formula is C15H21N5O. The van der Waals surface area contributed by atoms with Gasteiger partial charge in [0, 0.05) is 20.1 Å². The number of rotatable bonds is 3. The van der Waals surface area contributed by atoms with Crippen molar-refractivity contribution in [1.29, 1.82) is 0 Å². The van der Waals surface area contributed by atoms with Crippen molar-refractivity contribution >= 4 is 0 Å². The second-order valence-corrected chi connectivity index (χ2v) is 5.77. The van der Waals surface area contributed by atoms with Gasteiger partial charge in [-0.25, -0.2) is 4.68 Å². The largest absolute Gasteiger partial charge is 0.385 e. The maximum absolute atomic E-state index is 10.9. The van der Waals surface area contributed by atoms with Gasteiger partial charge in [-0.05, 0) is 35.8 Å². The Morgan fingerprint density at radius 2 is 1.86 bits per heavy atom. The third kappa shape index (κ3) is 2.69. The zero-order chi connectivity index (χ0) is 14.9. The molecule has 0 unspecified atom stereocenters. The molecule has 0 aliphatic carbocycles. The van der Waals surface area contributed by atoms with Crippen molar-refractivity contribution in [1.82, 2.24) is 25.1 Å². The van der Waals surface area contributed by atoms with E-state index in [2.05, 4.69) is 27.3 Å². The number of aliphatic hydroxyl groups is 1. The van der Waals surface area contributed by atoms with Crippen LogP contribution in [0.4, 0.5) is 0 Å². The molecule has 0 saturated carbocycles. The molecule has 0 radical (unpaired) electrons. The van der Waals surface area contributed by atoms with Crippen LogP contribution >= 0.6 is 0 Å². The molecule has 6 nitrogen and oxygen atoms in total. The van der Waals surface area contributed by atoms with E-state index < -0.39 is 5.60 Å². The lowest BCUT2D eigenvalue weighted by atomic mass is 9.84. The standard InChI is InChI=1S/C15H21N5O/c1-12(14-16-17-18-19(14)2)20-10-8-15(21,9-11-20)13-6-4-3-5-7-13/h3-7,12,21H,8-11H2,1-2H3/t12-/m1/s1. The molecule has 0 amide bonds. The maximum atomic E-state index is 10.9. The molecular weight excluding hydrogens is 266 g/mol. The van der Waals surface area contributed by atoms with Crippen molar-refractivity contribution in [2.24, 2.45) is 7.05 Å². The summed E-state index contributed by atoms with van der Waals surface area (Å²) < 4.78 is 1.71. The first-order valence-corrected chi connectivity index (χ1v) is 7.34. The van der Waals surface area contributed by atoms with Gasteiger partial charge in [-0.3, -0.25) is 4.90 Å². The van der Waals surface area contributed by atoms with Gasteiger partial charge in [0.2, 0.25) is 0 Å². The zero-order valence-corrected chi connectivity index (χ0v) is 12.5. The Hall–Kier alpha value is -1.79. The van der Waals surface area contributed by atoms with Gasteiger partial charge >= 0.3 is 0 Å². The fraction of sp³-hybridized carbons (Fsp3) is 0.533. The summed E-state index contributed by atoms with van der Waals surface area (Å²) in [5.41, 5.74) is 0.299. The summed E-state index contributed by atoms with van der Waals surface area (Å²) >= 11 is 0. The minimum absolute atomic E-state index is 0.158. The second kappa shape index (κ2) is 5.54. The molecule has 112 valence electrons. The first-order chi connectivity index (χ1) is 10.1. The van der Waals surface area contributed by atoms with Crippen LogP contribution < -0.4 is 0 Å². The summed E-state index contributed by atoms with van der Waals surface area (Å²) in [6.07, 6.45) is 1.46. The molecule has 1 aliphatic heterocycles. The molecule has 1 saturated heterocycles. The SMILES string of the molecule is C[C@H](c1nnnn1C)N1CCC(O)(c2ccccc2)CC1. The molecule has 6 heteroatoms. The number of benzene rings is 1. The van der Waals surface area contributed by atoms with Gasteiger partial charge < -0.3 is 5.11 Å². The van der Waals surface area contributed by atoms with E-state index in [1.165, 1.54) is 0 Å². The lowest BCUT2D eigenvalue weighted by Crippen LogP contribution is -2.43. The molecule has 1 fully saturated rings. The number of nitrogens with zero attached hydrogens (tertiary/aromatic N) is 5. The van der Waals surface area contributed by atoms with Gasteiger partial charge in [-0.15, -0.1) is 5.10 Å². The van der Waals surface area contributed by atoms with Crippen LogP contribution in [0.5, 0.6) is 0 Å². The Labute approximate surface area is 124 Å². The third-order valence-corrected chi connectivity index (χ3v) is 4.51. The smallest absolute Gasteiger partial charge is 0.167 e. The molecule has 1 aliphatic rings. The van der Waals surface area contributed by atoms with E-state index in [0.29, 0.717) is 0 Å². The van der Waals surface area contributed by atoms with Crippen molar-refractivity contribution < 1.29 is 5.11 Å². The third-order valence-electron chi connectivity index (χ3n) is 4.51. The molecule has 2 heterocycles. The highest BCUT2D eigenvalue weighted by molar-refractivity contribution is 5.23. The van der Waals surface area contributed by atoms with E-state index in [4.69, 9.17) is 0 Å². The molecule has 1 aromatic carbocycles. The molecule has 21 heavy (non-hydrogen) atoms. The van der Waals surface area contributed by atoms with Crippen molar-refractivity contribution in [2.45, 2.75) is 31.4 Å². The number of tetrazole rings is 1. The van der Waals surface area contributed by atoms with Gasteiger partial charge in [0.15, 0.2) is 5.82 Å². The van der Waals surface area contributed by atoms with E-state index in [1.54, 1.807) is 4.68 Å². The van der Waals surface area contributed by atoms with Crippen molar-refractivity contribution in [2.75, 3.05) is 13.1 Å². The minimum Gasteiger partial charge on any atom is -0.385 e. The summed E-state index contributed by atoms with van der Waals surface area (Å²) in [7, 11) is 1.86. The van der Waals surface area contributed by atoms with Gasteiger partial charge in [0.25, 0.3) is 0 Å². The van der Waals surface area contributed by atoms with E-state index in [-0.39, 0.29) is 6.04 Å². The molecule has 1 N–H and O–H groups in total. The molecule has 0 spiro atoms. The second-order valence-electron chi connectivity index (χ2n) is 5.77. The molecule has 1 aromatic heterocycles. The summed E-state index contributed by atoms with van der Waals surface area (Å²) in [6.45, 7) is 3.78. The Balaban J connectivity index is 1.69. The first-order valence-electron chi connectivity index (χ1n) is 7.34. The fourth-order valence-corrected chi connectivity index (χ4v) is 3.07. The monoisotopic (exact) mass is 287 g/mol. The Bertz CT molecular complexity index is 589. The van der Waals surface area contributed by atoms with E-state index in [1.807, 2.05) is 37.4 Å². The van der Waals surface area contributed by atoms with Crippen LogP contribution in [0.25, 0.3) is 0 Å². The van der Waals surface area contributed by atoms with E-state index in [9.17, 15) is 5.11 Å². The van der Waals surface area contributed by atoms with Crippen LogP contribution in [-0.4, -0.2) is 43.3 Å². The highest BCUT2D eigenvalue weighted by Gasteiger charge is 2.36. The van der Waals surface area contributed by atoms with Gasteiger partial charge in [0.1, 0.15) is 0 Å². The summed E-state index contributed by atoms with van der Waals surface area (Å²) in [6, 6.07) is 10.1. The highest BCUT2D eigenvalue weighted by Crippen LogP contribution is 2.35. The Morgan fingerprint density at radius 3 is 2.43 bits per heavy atom. The number of aryl methyl sites for hydroxylation is 1. The first kappa shape index (κ1) is 14.2. The number of hydrogen-bond donors (Lipinski definition) is 1. The predicted molar refractivity (Wildman–Crippen MR) is 78.4 cm³/mol. The number of hydrogen-bond acceptors (Lipinski definition) is 5. The van der Waals surface area contributed by atoms with E-state index in [0.717, 1.165) is 37.3 Å². The fourth-order valence-electron chi connectivity index (χ4n) is 3.07. The zero-order valence-electron chi connectivity index (χ0n) is 12.5. The van der Waals surface area contributed by atoms with Crippen molar-refractivity contribution in [3.63, 3.8) is 0 Å². The van der Waals surface area contributed by atoms with Crippen LogP contribution in [0.15, 0.2) is 30.3 Å². The minimum atomic E-state index is -0.713. The van der Waals surface area contributed by atoms with Gasteiger partial charge in [-0.2, -0.15) is 0 Å². The lowest BCUT2D eigenvalue weighted by molar-refractivity contribution is -0.0354. The number of aromatic nitrogens is 4. The lowest BCUT2D eigenvalue weighted by Gasteiger charge is -2.40. The predicted octanol–water partition coefficient (Wildman–Crippen LogP) is 1.25. The molecule has 0 bridgehead atoms. The average Bonchev–Trinajstić information content (AvgIpc) is 2.94. The summed E-state index contributed by atoms with van der Waals surface area (Å²) in [5.74, 6) is 0.861. The normalized spacial score (nSPS) is 20.3. The van der Waals surface area contributed by atoms with Crippen LogP contribution in [0.1, 0.15) is 37.2 Å². The molecule has 1 atom stereocenters. The topological polar surface area (TPSA) is 67.1 Å². The Morgan fingerprint density at radius 1 is 1.19 bits per heavy atom. The van der Waals surface area contributed by atoms with E-state index >= 15 is 0 Å². The van der Waals surface area contributed by atoms with Crippen molar-refractivity contribution in [3.05, 3.63) is 41.7 Å². The molecule has 3 rings (SSSR count). The van der Waals surface area contributed by atoms with Gasteiger partial charge in [-0.1, -0.05) is 30.3 Å². The van der Waals surface area contributed by atoms with Crippen LogP contribution in [0.3, 0.4) is 0 Å². The maximum Gasteiger partial charge on any atom is 0.167 e. The molecule has 2 aromatic rings. The quantitative estimate of drug-likeness (QED) is 0.920. The summed E-state index contributed by atoms with van der Waals surface area (Å²) in [4.78, 5) is 2.32. The van der Waals surface area contributed by atoms with Gasteiger partial charge in [0.05, 0.1) is 11.6 Å². The number of piperidine rings is 1. The van der Waals surface area contributed by atoms with Crippen LogP contribution in [0, 0.1) is 0 Å². The summed E-state index contributed by atoms with van der Waals surface area (Å²) in [5, 5.41) is 22.5. The number of likely N-dealkylation sites (tertiary alicyclic amines) is 1. The van der Waals surface area contributed by atoms with Crippen molar-refractivity contribution in [3.8, 4) is 0 Å².